The minimum absolute atomic E-state index is 0.0529. The highest BCUT2D eigenvalue weighted by Crippen LogP contribution is 2.28. The zero-order chi connectivity index (χ0) is 20.1. The lowest BCUT2D eigenvalue weighted by molar-refractivity contribution is 0.0955. The molecule has 1 aliphatic heterocycles. The number of hydrogen-bond acceptors (Lipinski definition) is 4. The Morgan fingerprint density at radius 2 is 2.11 bits per heavy atom. The summed E-state index contributed by atoms with van der Waals surface area (Å²) in [4.78, 5) is 17.6. The molecule has 0 amide bonds. The number of hydrogen-bond donors (Lipinski definition) is 0. The normalized spacial score (nSPS) is 14.0. The van der Waals surface area contributed by atoms with E-state index < -0.39 is 0 Å². The zero-order valence-corrected chi connectivity index (χ0v) is 17.4. The Morgan fingerprint density at radius 1 is 1.29 bits per heavy atom. The molecule has 0 fully saturated rings. The van der Waals surface area contributed by atoms with Crippen LogP contribution < -0.4 is 4.74 Å². The van der Waals surface area contributed by atoms with Crippen molar-refractivity contribution in [2.24, 2.45) is 0 Å². The molecule has 0 saturated carbocycles. The third-order valence-electron chi connectivity index (χ3n) is 5.14. The summed E-state index contributed by atoms with van der Waals surface area (Å²) in [6.45, 7) is 4.06. The highest BCUT2D eigenvalue weighted by atomic mass is 16.5. The minimum atomic E-state index is 0.0529. The Balaban J connectivity index is 1.95. The Labute approximate surface area is 167 Å². The van der Waals surface area contributed by atoms with Crippen molar-refractivity contribution in [3.63, 3.8) is 0 Å². The first-order chi connectivity index (χ1) is 13.5. The maximum absolute atomic E-state index is 13.3. The lowest BCUT2D eigenvalue weighted by Gasteiger charge is -2.21. The molecule has 0 spiro atoms. The highest BCUT2D eigenvalue weighted by Gasteiger charge is 2.19. The van der Waals surface area contributed by atoms with Crippen LogP contribution in [-0.2, 0) is 6.42 Å². The van der Waals surface area contributed by atoms with Gasteiger partial charge in [0.1, 0.15) is 5.75 Å². The van der Waals surface area contributed by atoms with Crippen LogP contribution in [0.15, 0.2) is 48.4 Å². The number of allylic oxidation sites excluding steroid dienone is 2. The highest BCUT2D eigenvalue weighted by molar-refractivity contribution is 6.03. The monoisotopic (exact) mass is 381 g/mol. The number of carbonyl (C=O) groups excluding carboxylic acids is 1. The van der Waals surface area contributed by atoms with Gasteiger partial charge in [-0.05, 0) is 63.3 Å². The van der Waals surface area contributed by atoms with Gasteiger partial charge in [0.05, 0.1) is 12.6 Å². The van der Waals surface area contributed by atoms with Crippen molar-refractivity contribution in [1.29, 1.82) is 0 Å². The molecule has 0 bridgehead atoms. The summed E-state index contributed by atoms with van der Waals surface area (Å²) >= 11 is 0. The van der Waals surface area contributed by atoms with Crippen molar-refractivity contribution < 1.29 is 9.53 Å². The van der Waals surface area contributed by atoms with Crippen LogP contribution in [-0.4, -0.2) is 54.6 Å². The van der Waals surface area contributed by atoms with Crippen LogP contribution in [0.3, 0.4) is 0 Å². The lowest BCUT2D eigenvalue weighted by atomic mass is 10.1. The van der Waals surface area contributed by atoms with Gasteiger partial charge in [-0.3, -0.25) is 9.36 Å². The number of ether oxygens (including phenoxy) is 1. The second-order valence-electron chi connectivity index (χ2n) is 7.60. The molecule has 1 aromatic carbocycles. The molecule has 5 nitrogen and oxygen atoms in total. The van der Waals surface area contributed by atoms with Crippen LogP contribution in [0.2, 0.25) is 0 Å². The number of nitrogens with zero attached hydrogens (tertiary/aromatic N) is 3. The number of benzene rings is 1. The molecule has 1 aromatic heterocycles. The van der Waals surface area contributed by atoms with Crippen LogP contribution in [0.5, 0.6) is 5.75 Å². The Morgan fingerprint density at radius 3 is 2.82 bits per heavy atom. The van der Waals surface area contributed by atoms with E-state index in [4.69, 9.17) is 4.74 Å². The molecular weight excluding hydrogens is 350 g/mol. The minimum Gasteiger partial charge on any atom is -0.497 e. The smallest absolute Gasteiger partial charge is 0.260 e. The van der Waals surface area contributed by atoms with Crippen molar-refractivity contribution >= 4 is 16.8 Å². The summed E-state index contributed by atoms with van der Waals surface area (Å²) in [5.41, 5.74) is 2.94. The van der Waals surface area contributed by atoms with Gasteiger partial charge in [0.15, 0.2) is 0 Å². The lowest BCUT2D eigenvalue weighted by Crippen LogP contribution is -2.20. The first kappa shape index (κ1) is 20.2. The second-order valence-corrected chi connectivity index (χ2v) is 7.60. The van der Waals surface area contributed by atoms with E-state index in [1.807, 2.05) is 35.2 Å². The van der Waals surface area contributed by atoms with E-state index in [1.165, 1.54) is 5.56 Å². The maximum atomic E-state index is 13.3. The number of rotatable bonds is 8. The van der Waals surface area contributed by atoms with E-state index in [2.05, 4.69) is 43.1 Å². The standard InChI is InChI=1S/C23H31N3O2/c1-5-6-12-25-13-7-8-19(16-25)23(27)26-17-18(11-14-24(2)3)21-15-20(28-4)9-10-22(21)26/h7,9-10,13,15-17H,5-6,8,11-12,14H2,1-4H3. The van der Waals surface area contributed by atoms with E-state index in [1.54, 1.807) is 7.11 Å². The van der Waals surface area contributed by atoms with Crippen molar-refractivity contribution in [3.05, 3.63) is 54.0 Å². The van der Waals surface area contributed by atoms with Crippen molar-refractivity contribution in [3.8, 4) is 5.75 Å². The molecule has 1 aliphatic rings. The van der Waals surface area contributed by atoms with E-state index in [-0.39, 0.29) is 5.91 Å². The van der Waals surface area contributed by atoms with Gasteiger partial charge in [-0.15, -0.1) is 0 Å². The summed E-state index contributed by atoms with van der Waals surface area (Å²) in [6, 6.07) is 5.94. The van der Waals surface area contributed by atoms with Gasteiger partial charge in [0.2, 0.25) is 0 Å². The van der Waals surface area contributed by atoms with Gasteiger partial charge in [-0.1, -0.05) is 19.4 Å². The topological polar surface area (TPSA) is 37.7 Å². The molecule has 28 heavy (non-hydrogen) atoms. The largest absolute Gasteiger partial charge is 0.497 e. The third kappa shape index (κ3) is 4.47. The number of likely N-dealkylation sites (N-methyl/N-ethyl adjacent to an activating group) is 1. The number of methoxy groups -OCH3 is 1. The van der Waals surface area contributed by atoms with Crippen molar-refractivity contribution in [2.45, 2.75) is 32.6 Å². The Hall–Kier alpha value is -2.53. The van der Waals surface area contributed by atoms with Gasteiger partial charge in [-0.25, -0.2) is 0 Å². The van der Waals surface area contributed by atoms with Crippen LogP contribution >= 0.6 is 0 Å². The van der Waals surface area contributed by atoms with Crippen LogP contribution in [0, 0.1) is 0 Å². The average molecular weight is 382 g/mol. The number of unbranched alkanes of at least 4 members (excludes halogenated alkanes) is 1. The van der Waals surface area contributed by atoms with Crippen LogP contribution in [0.25, 0.3) is 10.9 Å². The van der Waals surface area contributed by atoms with E-state index >= 15 is 0 Å². The van der Waals surface area contributed by atoms with Gasteiger partial charge >= 0.3 is 0 Å². The van der Waals surface area contributed by atoms with Gasteiger partial charge < -0.3 is 14.5 Å². The predicted octanol–water partition coefficient (Wildman–Crippen LogP) is 4.30. The van der Waals surface area contributed by atoms with E-state index in [0.29, 0.717) is 6.42 Å². The first-order valence-corrected chi connectivity index (χ1v) is 10.0. The average Bonchev–Trinajstić information content (AvgIpc) is 3.08. The van der Waals surface area contributed by atoms with E-state index in [0.717, 1.165) is 54.6 Å². The molecule has 3 rings (SSSR count). The molecule has 0 atom stereocenters. The fraction of sp³-hybridized carbons (Fsp3) is 0.435. The molecule has 0 radical (unpaired) electrons. The van der Waals surface area contributed by atoms with Gasteiger partial charge in [0.25, 0.3) is 5.91 Å². The first-order valence-electron chi connectivity index (χ1n) is 10.0. The SMILES string of the molecule is CCCCN1C=CCC(C(=O)n2cc(CCN(C)C)c3cc(OC)ccc32)=C1. The fourth-order valence-corrected chi connectivity index (χ4v) is 3.50. The third-order valence-corrected chi connectivity index (χ3v) is 5.14. The molecule has 0 N–H and O–H groups in total. The van der Waals surface area contributed by atoms with Crippen LogP contribution in [0.1, 0.15) is 36.5 Å². The summed E-state index contributed by atoms with van der Waals surface area (Å²) in [7, 11) is 5.80. The fourth-order valence-electron chi connectivity index (χ4n) is 3.50. The molecule has 5 heteroatoms. The maximum Gasteiger partial charge on any atom is 0.260 e. The Bertz CT molecular complexity index is 893. The Kier molecular flexibility index (Phi) is 6.57. The molecule has 0 saturated heterocycles. The van der Waals surface area contributed by atoms with Crippen molar-refractivity contribution in [1.82, 2.24) is 14.4 Å². The summed E-state index contributed by atoms with van der Waals surface area (Å²) in [5, 5.41) is 1.09. The van der Waals surface area contributed by atoms with Gasteiger partial charge in [-0.2, -0.15) is 0 Å². The molecule has 2 aromatic rings. The summed E-state index contributed by atoms with van der Waals surface area (Å²) in [5.74, 6) is 0.867. The number of fused-ring (bicyclic) bond motifs is 1. The quantitative estimate of drug-likeness (QED) is 0.683. The second kappa shape index (κ2) is 9.11. The predicted molar refractivity (Wildman–Crippen MR) is 115 cm³/mol. The molecular formula is C23H31N3O2. The molecule has 0 aliphatic carbocycles. The van der Waals surface area contributed by atoms with E-state index in [9.17, 15) is 4.79 Å². The molecule has 2 heterocycles. The van der Waals surface area contributed by atoms with Gasteiger partial charge in [0, 0.05) is 36.4 Å². The summed E-state index contributed by atoms with van der Waals surface area (Å²) < 4.78 is 7.22. The number of aromatic nitrogens is 1. The molecule has 0 unspecified atom stereocenters. The zero-order valence-electron chi connectivity index (χ0n) is 17.4. The molecule has 150 valence electrons. The van der Waals surface area contributed by atoms with Crippen molar-refractivity contribution in [2.75, 3.05) is 34.3 Å². The number of carbonyl (C=O) groups is 1. The summed E-state index contributed by atoms with van der Waals surface area (Å²) in [6.07, 6.45) is 12.0. The van der Waals surface area contributed by atoms with Crippen LogP contribution in [0.4, 0.5) is 0 Å².